The highest BCUT2D eigenvalue weighted by Crippen LogP contribution is 2.29. The molecule has 0 spiro atoms. The van der Waals surface area contributed by atoms with Crippen molar-refractivity contribution in [3.63, 3.8) is 0 Å². The number of nitrogens with zero attached hydrogens (tertiary/aromatic N) is 1. The first-order chi connectivity index (χ1) is 10.1. The lowest BCUT2D eigenvalue weighted by Crippen LogP contribution is -2.39. The molecule has 1 aliphatic heterocycles. The summed E-state index contributed by atoms with van der Waals surface area (Å²) < 4.78 is 5.90. The van der Waals surface area contributed by atoms with Crippen LogP contribution in [-0.2, 0) is 0 Å². The zero-order valence-electron chi connectivity index (χ0n) is 13.9. The van der Waals surface area contributed by atoms with Crippen molar-refractivity contribution in [1.82, 2.24) is 4.90 Å². The minimum atomic E-state index is 0.205. The molecular formula is C18H30N2O. The van der Waals surface area contributed by atoms with Gasteiger partial charge in [-0.15, -0.1) is 0 Å². The van der Waals surface area contributed by atoms with Crippen LogP contribution in [0.1, 0.15) is 40.5 Å². The van der Waals surface area contributed by atoms with Gasteiger partial charge in [0.2, 0.25) is 0 Å². The van der Waals surface area contributed by atoms with E-state index in [4.69, 9.17) is 4.74 Å². The van der Waals surface area contributed by atoms with Crippen LogP contribution in [0.4, 0.5) is 5.69 Å². The van der Waals surface area contributed by atoms with E-state index >= 15 is 0 Å². The molecular weight excluding hydrogens is 260 g/mol. The fourth-order valence-corrected chi connectivity index (χ4v) is 3.07. The summed E-state index contributed by atoms with van der Waals surface area (Å²) in [6.07, 6.45) is 2.78. The molecule has 1 aliphatic rings. The second kappa shape index (κ2) is 7.69. The molecule has 0 aromatic heterocycles. The van der Waals surface area contributed by atoms with Crippen LogP contribution >= 0.6 is 0 Å². The largest absolute Gasteiger partial charge is 0.489 e. The highest BCUT2D eigenvalue weighted by Gasteiger charge is 2.23. The number of para-hydroxylation sites is 2. The Morgan fingerprint density at radius 1 is 1.19 bits per heavy atom. The molecule has 3 nitrogen and oxygen atoms in total. The van der Waals surface area contributed by atoms with E-state index in [1.165, 1.54) is 32.5 Å². The molecule has 0 saturated carbocycles. The molecule has 3 heteroatoms. The minimum absolute atomic E-state index is 0.205. The fraction of sp³-hybridized carbons (Fsp3) is 0.667. The van der Waals surface area contributed by atoms with Gasteiger partial charge in [-0.05, 0) is 71.3 Å². The first-order valence-electron chi connectivity index (χ1n) is 8.34. The SMILES string of the molecule is CCN1CCC(C(C)Nc2ccccc2OC(C)C)CC1. The monoisotopic (exact) mass is 290 g/mol. The van der Waals surface area contributed by atoms with E-state index in [-0.39, 0.29) is 6.10 Å². The molecule has 0 bridgehead atoms. The Bertz CT molecular complexity index is 425. The molecule has 1 aromatic carbocycles. The number of hydrogen-bond acceptors (Lipinski definition) is 3. The molecule has 1 atom stereocenters. The normalized spacial score (nSPS) is 18.7. The summed E-state index contributed by atoms with van der Waals surface area (Å²) in [6, 6.07) is 8.76. The number of hydrogen-bond donors (Lipinski definition) is 1. The maximum atomic E-state index is 5.90. The Labute approximate surface area is 129 Å². The molecule has 1 heterocycles. The lowest BCUT2D eigenvalue weighted by atomic mass is 9.90. The van der Waals surface area contributed by atoms with Gasteiger partial charge in [-0.1, -0.05) is 19.1 Å². The third kappa shape index (κ3) is 4.63. The predicted molar refractivity (Wildman–Crippen MR) is 90.1 cm³/mol. The molecule has 1 unspecified atom stereocenters. The number of rotatable bonds is 6. The molecule has 118 valence electrons. The predicted octanol–water partition coefficient (Wildman–Crippen LogP) is 4.01. The summed E-state index contributed by atoms with van der Waals surface area (Å²) in [5.74, 6) is 1.71. The molecule has 0 amide bonds. The average molecular weight is 290 g/mol. The van der Waals surface area contributed by atoms with Crippen LogP contribution in [-0.4, -0.2) is 36.7 Å². The lowest BCUT2D eigenvalue weighted by Gasteiger charge is -2.35. The zero-order chi connectivity index (χ0) is 15.2. The smallest absolute Gasteiger partial charge is 0.142 e. The van der Waals surface area contributed by atoms with Crippen LogP contribution in [0.15, 0.2) is 24.3 Å². The average Bonchev–Trinajstić information content (AvgIpc) is 2.49. The highest BCUT2D eigenvalue weighted by atomic mass is 16.5. The third-order valence-electron chi connectivity index (χ3n) is 4.42. The van der Waals surface area contributed by atoms with E-state index in [1.807, 2.05) is 6.07 Å². The Hall–Kier alpha value is -1.22. The van der Waals surface area contributed by atoms with Gasteiger partial charge in [-0.3, -0.25) is 0 Å². The first-order valence-corrected chi connectivity index (χ1v) is 8.34. The van der Waals surface area contributed by atoms with Gasteiger partial charge in [0.05, 0.1) is 11.8 Å². The van der Waals surface area contributed by atoms with Crippen LogP contribution in [0.3, 0.4) is 0 Å². The molecule has 1 aromatic rings. The molecule has 1 fully saturated rings. The summed E-state index contributed by atoms with van der Waals surface area (Å²) in [5.41, 5.74) is 1.12. The lowest BCUT2D eigenvalue weighted by molar-refractivity contribution is 0.183. The summed E-state index contributed by atoms with van der Waals surface area (Å²) in [7, 11) is 0. The van der Waals surface area contributed by atoms with E-state index < -0.39 is 0 Å². The van der Waals surface area contributed by atoms with Gasteiger partial charge in [0, 0.05) is 6.04 Å². The van der Waals surface area contributed by atoms with E-state index in [2.05, 4.69) is 56.1 Å². The maximum absolute atomic E-state index is 5.90. The van der Waals surface area contributed by atoms with Crippen molar-refractivity contribution in [2.45, 2.75) is 52.7 Å². The number of ether oxygens (including phenoxy) is 1. The minimum Gasteiger partial charge on any atom is -0.489 e. The molecule has 2 rings (SSSR count). The van der Waals surface area contributed by atoms with Gasteiger partial charge >= 0.3 is 0 Å². The van der Waals surface area contributed by atoms with Crippen LogP contribution in [0.5, 0.6) is 5.75 Å². The van der Waals surface area contributed by atoms with Crippen molar-refractivity contribution < 1.29 is 4.74 Å². The van der Waals surface area contributed by atoms with Gasteiger partial charge in [0.15, 0.2) is 0 Å². The molecule has 1 N–H and O–H groups in total. The Balaban J connectivity index is 1.95. The van der Waals surface area contributed by atoms with E-state index in [9.17, 15) is 0 Å². The topological polar surface area (TPSA) is 24.5 Å². The van der Waals surface area contributed by atoms with Gasteiger partial charge in [0.25, 0.3) is 0 Å². The Morgan fingerprint density at radius 3 is 2.48 bits per heavy atom. The highest BCUT2D eigenvalue weighted by molar-refractivity contribution is 5.56. The standard InChI is InChI=1S/C18H30N2O/c1-5-20-12-10-16(11-13-20)15(4)19-17-8-6-7-9-18(17)21-14(2)3/h6-9,14-16,19H,5,10-13H2,1-4H3. The zero-order valence-corrected chi connectivity index (χ0v) is 13.9. The Morgan fingerprint density at radius 2 is 1.86 bits per heavy atom. The second-order valence-electron chi connectivity index (χ2n) is 6.37. The van der Waals surface area contributed by atoms with Crippen LogP contribution in [0, 0.1) is 5.92 Å². The fourth-order valence-electron chi connectivity index (χ4n) is 3.07. The number of benzene rings is 1. The summed E-state index contributed by atoms with van der Waals surface area (Å²) in [5, 5.41) is 3.67. The summed E-state index contributed by atoms with van der Waals surface area (Å²) in [6.45, 7) is 12.3. The maximum Gasteiger partial charge on any atom is 0.142 e. The van der Waals surface area contributed by atoms with Crippen LogP contribution < -0.4 is 10.1 Å². The summed E-state index contributed by atoms with van der Waals surface area (Å²) >= 11 is 0. The molecule has 0 radical (unpaired) electrons. The third-order valence-corrected chi connectivity index (χ3v) is 4.42. The summed E-state index contributed by atoms with van der Waals surface area (Å²) in [4.78, 5) is 2.54. The van der Waals surface area contributed by atoms with Crippen LogP contribution in [0.25, 0.3) is 0 Å². The van der Waals surface area contributed by atoms with E-state index in [1.54, 1.807) is 0 Å². The number of anilines is 1. The molecule has 21 heavy (non-hydrogen) atoms. The van der Waals surface area contributed by atoms with Crippen molar-refractivity contribution in [2.75, 3.05) is 25.0 Å². The van der Waals surface area contributed by atoms with Crippen molar-refractivity contribution >= 4 is 5.69 Å². The molecule has 1 saturated heterocycles. The number of nitrogens with one attached hydrogen (secondary N) is 1. The number of likely N-dealkylation sites (tertiary alicyclic amines) is 1. The van der Waals surface area contributed by atoms with Crippen molar-refractivity contribution in [3.8, 4) is 5.75 Å². The van der Waals surface area contributed by atoms with Gasteiger partial charge in [-0.2, -0.15) is 0 Å². The second-order valence-corrected chi connectivity index (χ2v) is 6.37. The quantitative estimate of drug-likeness (QED) is 0.857. The number of piperidine rings is 1. The molecule has 0 aliphatic carbocycles. The van der Waals surface area contributed by atoms with Crippen molar-refractivity contribution in [2.24, 2.45) is 5.92 Å². The van der Waals surface area contributed by atoms with Gasteiger partial charge in [-0.25, -0.2) is 0 Å². The van der Waals surface area contributed by atoms with E-state index in [0.29, 0.717) is 6.04 Å². The van der Waals surface area contributed by atoms with E-state index in [0.717, 1.165) is 17.4 Å². The Kier molecular flexibility index (Phi) is 5.92. The van der Waals surface area contributed by atoms with Crippen molar-refractivity contribution in [1.29, 1.82) is 0 Å². The van der Waals surface area contributed by atoms with Crippen LogP contribution in [0.2, 0.25) is 0 Å². The van der Waals surface area contributed by atoms with Gasteiger partial charge < -0.3 is 15.0 Å². The van der Waals surface area contributed by atoms with Gasteiger partial charge in [0.1, 0.15) is 5.75 Å². The first kappa shape index (κ1) is 16.2. The van der Waals surface area contributed by atoms with Crippen molar-refractivity contribution in [3.05, 3.63) is 24.3 Å².